The van der Waals surface area contributed by atoms with E-state index in [1.54, 1.807) is 0 Å². The molecule has 0 aliphatic heterocycles. The van der Waals surface area contributed by atoms with Crippen molar-refractivity contribution < 1.29 is 0 Å². The minimum atomic E-state index is 0.492. The lowest BCUT2D eigenvalue weighted by Gasteiger charge is -2.11. The number of rotatable bonds is 6. The van der Waals surface area contributed by atoms with Gasteiger partial charge >= 0.3 is 0 Å². The highest BCUT2D eigenvalue weighted by molar-refractivity contribution is 7.99. The van der Waals surface area contributed by atoms with Crippen LogP contribution in [0.4, 0.5) is 0 Å². The highest BCUT2D eigenvalue weighted by Gasteiger charge is 2.05. The molecule has 0 spiro atoms. The van der Waals surface area contributed by atoms with E-state index in [1.807, 2.05) is 30.0 Å². The van der Waals surface area contributed by atoms with Crippen LogP contribution in [0.5, 0.6) is 0 Å². The normalized spacial score (nSPS) is 13.1. The van der Waals surface area contributed by atoms with Gasteiger partial charge in [0.05, 0.1) is 17.6 Å². The minimum Gasteiger partial charge on any atom is -0.341 e. The molecule has 0 aliphatic rings. The molecule has 98 valence electrons. The SMILES string of the molecule is CCSCC(C)NCc1nc2ccc(Cl)cc2[nH]1. The van der Waals surface area contributed by atoms with Crippen molar-refractivity contribution in [2.45, 2.75) is 26.4 Å². The minimum absolute atomic E-state index is 0.492. The quantitative estimate of drug-likeness (QED) is 0.853. The number of nitrogens with zero attached hydrogens (tertiary/aromatic N) is 1. The fourth-order valence-electron chi connectivity index (χ4n) is 1.74. The van der Waals surface area contributed by atoms with Crippen LogP contribution < -0.4 is 5.32 Å². The number of halogens is 1. The average Bonchev–Trinajstić information content (AvgIpc) is 2.75. The van der Waals surface area contributed by atoms with Crippen molar-refractivity contribution in [1.29, 1.82) is 0 Å². The monoisotopic (exact) mass is 283 g/mol. The Kier molecular flexibility index (Phi) is 4.92. The van der Waals surface area contributed by atoms with E-state index in [-0.39, 0.29) is 0 Å². The molecular weight excluding hydrogens is 266 g/mol. The number of H-pyrrole nitrogens is 1. The number of nitrogens with one attached hydrogen (secondary N) is 2. The van der Waals surface area contributed by atoms with Gasteiger partial charge in [0.25, 0.3) is 0 Å². The summed E-state index contributed by atoms with van der Waals surface area (Å²) in [5.74, 6) is 3.25. The van der Waals surface area contributed by atoms with Crippen molar-refractivity contribution in [2.75, 3.05) is 11.5 Å². The lowest BCUT2D eigenvalue weighted by atomic mass is 10.3. The second-order valence-corrected chi connectivity index (χ2v) is 6.04. The predicted octanol–water partition coefficient (Wildman–Crippen LogP) is 3.45. The van der Waals surface area contributed by atoms with Crippen LogP contribution in [0.15, 0.2) is 18.2 Å². The third-order valence-corrected chi connectivity index (χ3v) is 4.06. The molecule has 3 nitrogen and oxygen atoms in total. The molecule has 18 heavy (non-hydrogen) atoms. The molecule has 1 atom stereocenters. The summed E-state index contributed by atoms with van der Waals surface area (Å²) >= 11 is 7.89. The Morgan fingerprint density at radius 1 is 1.50 bits per heavy atom. The Hall–Kier alpha value is -0.710. The average molecular weight is 284 g/mol. The molecule has 1 heterocycles. The van der Waals surface area contributed by atoms with Gasteiger partial charge in [0.15, 0.2) is 0 Å². The number of aromatic amines is 1. The summed E-state index contributed by atoms with van der Waals surface area (Å²) in [5, 5.41) is 4.20. The molecule has 0 fully saturated rings. The summed E-state index contributed by atoms with van der Waals surface area (Å²) in [7, 11) is 0. The summed E-state index contributed by atoms with van der Waals surface area (Å²) in [5.41, 5.74) is 1.96. The Bertz CT molecular complexity index is 512. The second kappa shape index (κ2) is 6.45. The smallest absolute Gasteiger partial charge is 0.121 e. The van der Waals surface area contributed by atoms with Gasteiger partial charge in [0.1, 0.15) is 5.82 Å². The Morgan fingerprint density at radius 3 is 3.11 bits per heavy atom. The van der Waals surface area contributed by atoms with Gasteiger partial charge in [-0.2, -0.15) is 11.8 Å². The third kappa shape index (κ3) is 3.64. The third-order valence-electron chi connectivity index (χ3n) is 2.68. The van der Waals surface area contributed by atoms with Crippen molar-refractivity contribution in [1.82, 2.24) is 15.3 Å². The first kappa shape index (κ1) is 13.7. The first-order chi connectivity index (χ1) is 8.69. The van der Waals surface area contributed by atoms with Gasteiger partial charge in [0, 0.05) is 16.8 Å². The molecule has 1 unspecified atom stereocenters. The highest BCUT2D eigenvalue weighted by Crippen LogP contribution is 2.17. The maximum Gasteiger partial charge on any atom is 0.121 e. The molecule has 2 N–H and O–H groups in total. The van der Waals surface area contributed by atoms with Gasteiger partial charge < -0.3 is 10.3 Å². The van der Waals surface area contributed by atoms with Gasteiger partial charge in [-0.25, -0.2) is 4.98 Å². The van der Waals surface area contributed by atoms with Gasteiger partial charge in [-0.3, -0.25) is 0 Å². The van der Waals surface area contributed by atoms with Gasteiger partial charge in [-0.1, -0.05) is 18.5 Å². The topological polar surface area (TPSA) is 40.7 Å². The number of hydrogen-bond donors (Lipinski definition) is 2. The van der Waals surface area contributed by atoms with Crippen LogP contribution in [0.25, 0.3) is 11.0 Å². The van der Waals surface area contributed by atoms with Crippen LogP contribution in [-0.4, -0.2) is 27.5 Å². The van der Waals surface area contributed by atoms with Gasteiger partial charge in [0.2, 0.25) is 0 Å². The van der Waals surface area contributed by atoms with E-state index in [0.717, 1.165) is 39.9 Å². The zero-order chi connectivity index (χ0) is 13.0. The van der Waals surface area contributed by atoms with Crippen LogP contribution >= 0.6 is 23.4 Å². The molecule has 2 aromatic rings. The zero-order valence-electron chi connectivity index (χ0n) is 10.7. The molecule has 0 saturated carbocycles. The number of fused-ring (bicyclic) bond motifs is 1. The molecular formula is C13H18ClN3S. The summed E-state index contributed by atoms with van der Waals surface area (Å²) in [4.78, 5) is 7.81. The van der Waals surface area contributed by atoms with E-state index in [9.17, 15) is 0 Å². The lowest BCUT2D eigenvalue weighted by molar-refractivity contribution is 0.582. The maximum atomic E-state index is 5.95. The first-order valence-electron chi connectivity index (χ1n) is 6.14. The Labute approximate surface area is 117 Å². The summed E-state index contributed by atoms with van der Waals surface area (Å²) in [6.07, 6.45) is 0. The summed E-state index contributed by atoms with van der Waals surface area (Å²) in [6.45, 7) is 5.14. The van der Waals surface area contributed by atoms with Crippen molar-refractivity contribution in [2.24, 2.45) is 0 Å². The molecule has 1 aromatic heterocycles. The second-order valence-electron chi connectivity index (χ2n) is 4.29. The van der Waals surface area contributed by atoms with Crippen LogP contribution in [0.2, 0.25) is 5.02 Å². The number of hydrogen-bond acceptors (Lipinski definition) is 3. The van der Waals surface area contributed by atoms with Crippen molar-refractivity contribution in [3.05, 3.63) is 29.0 Å². The molecule has 0 radical (unpaired) electrons. The number of aromatic nitrogens is 2. The number of benzene rings is 1. The molecule has 0 bridgehead atoms. The number of thioether (sulfide) groups is 1. The zero-order valence-corrected chi connectivity index (χ0v) is 12.2. The summed E-state index contributed by atoms with van der Waals surface area (Å²) < 4.78 is 0. The van der Waals surface area contributed by atoms with Crippen LogP contribution in [0.1, 0.15) is 19.7 Å². The Balaban J connectivity index is 1.95. The molecule has 0 saturated heterocycles. The fourth-order valence-corrected chi connectivity index (χ4v) is 2.62. The van der Waals surface area contributed by atoms with E-state index >= 15 is 0 Å². The molecule has 5 heteroatoms. The standard InChI is InChI=1S/C13H18ClN3S/c1-3-18-8-9(2)15-7-13-16-11-5-4-10(14)6-12(11)17-13/h4-6,9,15H,3,7-8H2,1-2H3,(H,16,17). The molecule has 1 aromatic carbocycles. The predicted molar refractivity (Wildman–Crippen MR) is 80.4 cm³/mol. The number of imidazole rings is 1. The maximum absolute atomic E-state index is 5.95. The summed E-state index contributed by atoms with van der Waals surface area (Å²) in [6, 6.07) is 6.20. The largest absolute Gasteiger partial charge is 0.341 e. The van der Waals surface area contributed by atoms with E-state index < -0.39 is 0 Å². The van der Waals surface area contributed by atoms with Crippen LogP contribution in [0.3, 0.4) is 0 Å². The van der Waals surface area contributed by atoms with Crippen molar-refractivity contribution >= 4 is 34.4 Å². The van der Waals surface area contributed by atoms with Gasteiger partial charge in [-0.15, -0.1) is 0 Å². The van der Waals surface area contributed by atoms with Crippen LogP contribution in [-0.2, 0) is 6.54 Å². The first-order valence-corrected chi connectivity index (χ1v) is 7.67. The van der Waals surface area contributed by atoms with E-state index in [1.165, 1.54) is 0 Å². The highest BCUT2D eigenvalue weighted by atomic mass is 35.5. The molecule has 0 amide bonds. The van der Waals surface area contributed by atoms with E-state index in [2.05, 4.69) is 29.1 Å². The van der Waals surface area contributed by atoms with Crippen molar-refractivity contribution in [3.63, 3.8) is 0 Å². The molecule has 0 aliphatic carbocycles. The van der Waals surface area contributed by atoms with Gasteiger partial charge in [-0.05, 0) is 30.9 Å². The lowest BCUT2D eigenvalue weighted by Crippen LogP contribution is -2.28. The molecule has 2 rings (SSSR count). The fraction of sp³-hybridized carbons (Fsp3) is 0.462. The van der Waals surface area contributed by atoms with Crippen LogP contribution in [0, 0.1) is 0 Å². The van der Waals surface area contributed by atoms with Crippen molar-refractivity contribution in [3.8, 4) is 0 Å². The Morgan fingerprint density at radius 2 is 2.33 bits per heavy atom. The van der Waals surface area contributed by atoms with E-state index in [4.69, 9.17) is 11.6 Å². The van der Waals surface area contributed by atoms with E-state index in [0.29, 0.717) is 6.04 Å².